The number of hydrogen-bond acceptors (Lipinski definition) is 11. The molecule has 3 rings (SSSR count). The molecule has 29 heavy (non-hydrogen) atoms. The molecule has 3 heterocycles. The lowest BCUT2D eigenvalue weighted by atomic mass is 10.1. The van der Waals surface area contributed by atoms with Crippen molar-refractivity contribution in [3.05, 3.63) is 16.7 Å². The SMILES string of the molecule is CC(=O)C(O)Nc1nc2c(ncn2[C@@H]2O[C@H](COP(=O)(O)O)[C@@H](O)[C@H]2O)c(=O)[nH]1. The molecule has 7 N–H and O–H groups in total. The average Bonchev–Trinajstić information content (AvgIpc) is 3.15. The molecule has 1 aliphatic heterocycles. The summed E-state index contributed by atoms with van der Waals surface area (Å²) >= 11 is 0. The number of ketones is 1. The van der Waals surface area contributed by atoms with E-state index in [-0.39, 0.29) is 17.1 Å². The van der Waals surface area contributed by atoms with Gasteiger partial charge in [0.1, 0.15) is 18.3 Å². The first-order valence-corrected chi connectivity index (χ1v) is 9.64. The summed E-state index contributed by atoms with van der Waals surface area (Å²) in [5, 5.41) is 32.2. The van der Waals surface area contributed by atoms with Gasteiger partial charge in [-0.3, -0.25) is 23.7 Å². The van der Waals surface area contributed by atoms with E-state index in [4.69, 9.17) is 14.5 Å². The van der Waals surface area contributed by atoms with Crippen LogP contribution >= 0.6 is 7.82 Å². The number of aliphatic hydroxyl groups excluding tert-OH is 3. The van der Waals surface area contributed by atoms with Crippen LogP contribution < -0.4 is 10.9 Å². The van der Waals surface area contributed by atoms with E-state index in [1.165, 1.54) is 0 Å². The number of carbonyl (C=O) groups is 1. The molecule has 160 valence electrons. The number of aromatic amines is 1. The van der Waals surface area contributed by atoms with E-state index < -0.39 is 56.5 Å². The van der Waals surface area contributed by atoms with Crippen molar-refractivity contribution in [3.8, 4) is 0 Å². The Morgan fingerprint density at radius 2 is 2.14 bits per heavy atom. The van der Waals surface area contributed by atoms with Crippen LogP contribution in [0.2, 0.25) is 0 Å². The van der Waals surface area contributed by atoms with Gasteiger partial charge in [-0.15, -0.1) is 0 Å². The first-order chi connectivity index (χ1) is 13.5. The monoisotopic (exact) mass is 435 g/mol. The molecule has 0 spiro atoms. The van der Waals surface area contributed by atoms with E-state index in [2.05, 4.69) is 24.8 Å². The van der Waals surface area contributed by atoms with Gasteiger partial charge in [0.05, 0.1) is 12.9 Å². The van der Waals surface area contributed by atoms with Crippen molar-refractivity contribution in [2.24, 2.45) is 0 Å². The topological polar surface area (TPSA) is 229 Å². The smallest absolute Gasteiger partial charge is 0.387 e. The molecule has 2 aromatic rings. The highest BCUT2D eigenvalue weighted by atomic mass is 31.2. The molecular formula is C13H18N5O10P. The number of hydrogen-bond donors (Lipinski definition) is 7. The van der Waals surface area contributed by atoms with Crippen molar-refractivity contribution >= 4 is 30.7 Å². The first kappa shape index (κ1) is 21.5. The third-order valence-corrected chi connectivity index (χ3v) is 4.59. The van der Waals surface area contributed by atoms with Gasteiger partial charge in [-0.25, -0.2) is 9.55 Å². The largest absolute Gasteiger partial charge is 0.469 e. The summed E-state index contributed by atoms with van der Waals surface area (Å²) in [5.41, 5.74) is -0.991. The standard InChI is InChI=1S/C13H18N5O10P/c1-4(19)10(22)16-13-15-9-6(11(23)17-13)14-3-18(9)12-8(21)7(20)5(28-12)2-27-29(24,25)26/h3,5,7-8,10,12,20-22H,2H2,1H3,(H2,24,25,26)(H2,15,16,17,23)/t5-,7-,8-,10?,12-/m1/s1. The number of carbonyl (C=O) groups excluding carboxylic acids is 1. The second-order valence-corrected chi connectivity index (χ2v) is 7.47. The molecule has 16 heteroatoms. The highest BCUT2D eigenvalue weighted by Crippen LogP contribution is 2.38. The minimum Gasteiger partial charge on any atom is -0.387 e. The molecular weight excluding hydrogens is 417 g/mol. The summed E-state index contributed by atoms with van der Waals surface area (Å²) in [6, 6.07) is 0. The van der Waals surface area contributed by atoms with Crippen LogP contribution in [0.5, 0.6) is 0 Å². The number of phosphoric ester groups is 1. The lowest BCUT2D eigenvalue weighted by Gasteiger charge is -2.17. The van der Waals surface area contributed by atoms with Crippen molar-refractivity contribution in [2.45, 2.75) is 37.7 Å². The highest BCUT2D eigenvalue weighted by molar-refractivity contribution is 7.46. The third kappa shape index (κ3) is 4.52. The number of aliphatic hydroxyl groups is 3. The number of anilines is 1. The van der Waals surface area contributed by atoms with Gasteiger partial charge in [0.25, 0.3) is 5.56 Å². The molecule has 2 aromatic heterocycles. The van der Waals surface area contributed by atoms with E-state index in [9.17, 15) is 29.5 Å². The number of fused-ring (bicyclic) bond motifs is 1. The Bertz CT molecular complexity index is 1020. The Hall–Kier alpha value is -2.23. The molecule has 1 unspecified atom stereocenters. The quantitative estimate of drug-likeness (QED) is 0.172. The van der Waals surface area contributed by atoms with Gasteiger partial charge >= 0.3 is 7.82 Å². The lowest BCUT2D eigenvalue weighted by molar-refractivity contribution is -0.123. The molecule has 0 bridgehead atoms. The Morgan fingerprint density at radius 3 is 2.76 bits per heavy atom. The molecule has 0 saturated carbocycles. The summed E-state index contributed by atoms with van der Waals surface area (Å²) in [6.07, 6.45) is -6.28. The van der Waals surface area contributed by atoms with Crippen LogP contribution in [0.15, 0.2) is 11.1 Å². The maximum absolute atomic E-state index is 12.2. The maximum atomic E-state index is 12.2. The molecule has 0 aromatic carbocycles. The molecule has 1 fully saturated rings. The summed E-state index contributed by atoms with van der Waals surface area (Å²) in [5.74, 6) is -0.895. The number of phosphoric acid groups is 1. The molecule has 0 radical (unpaired) electrons. The van der Waals surface area contributed by atoms with Gasteiger partial charge in [0, 0.05) is 0 Å². The zero-order valence-corrected chi connectivity index (χ0v) is 15.6. The van der Waals surface area contributed by atoms with Gasteiger partial charge in [-0.05, 0) is 6.92 Å². The minimum absolute atomic E-state index is 0.111. The van der Waals surface area contributed by atoms with E-state index in [0.29, 0.717) is 0 Å². The number of Topliss-reactive ketones (excluding diaryl/α,β-unsaturated/α-hetero) is 1. The van der Waals surface area contributed by atoms with Crippen LogP contribution in [0.3, 0.4) is 0 Å². The van der Waals surface area contributed by atoms with Crippen molar-refractivity contribution < 1.29 is 43.7 Å². The number of imidazole rings is 1. The second kappa shape index (κ2) is 7.89. The number of nitrogens with one attached hydrogen (secondary N) is 2. The van der Waals surface area contributed by atoms with Crippen LogP contribution in [0.1, 0.15) is 13.2 Å². The zero-order chi connectivity index (χ0) is 21.5. The highest BCUT2D eigenvalue weighted by Gasteiger charge is 2.45. The molecule has 15 nitrogen and oxygen atoms in total. The van der Waals surface area contributed by atoms with Crippen LogP contribution in [0, 0.1) is 0 Å². The number of ether oxygens (including phenoxy) is 1. The van der Waals surface area contributed by atoms with E-state index in [1.807, 2.05) is 0 Å². The van der Waals surface area contributed by atoms with Crippen molar-refractivity contribution in [3.63, 3.8) is 0 Å². The van der Waals surface area contributed by atoms with Crippen LogP contribution in [0.4, 0.5) is 5.95 Å². The number of aromatic nitrogens is 4. The first-order valence-electron chi connectivity index (χ1n) is 8.11. The summed E-state index contributed by atoms with van der Waals surface area (Å²) in [6.45, 7) is 0.403. The molecule has 5 atom stereocenters. The second-order valence-electron chi connectivity index (χ2n) is 6.23. The Labute approximate surface area is 161 Å². The fourth-order valence-electron chi connectivity index (χ4n) is 2.68. The van der Waals surface area contributed by atoms with Gasteiger partial charge in [-0.1, -0.05) is 0 Å². The Balaban J connectivity index is 1.91. The lowest BCUT2D eigenvalue weighted by Crippen LogP contribution is -2.33. The van der Waals surface area contributed by atoms with Crippen molar-refractivity contribution in [1.29, 1.82) is 0 Å². The normalized spacial score (nSPS) is 26.0. The molecule has 0 aliphatic carbocycles. The van der Waals surface area contributed by atoms with Crippen LogP contribution in [0.25, 0.3) is 11.2 Å². The van der Waals surface area contributed by atoms with E-state index >= 15 is 0 Å². The Morgan fingerprint density at radius 1 is 1.45 bits per heavy atom. The van der Waals surface area contributed by atoms with Crippen molar-refractivity contribution in [1.82, 2.24) is 19.5 Å². The van der Waals surface area contributed by atoms with Crippen LogP contribution in [-0.4, -0.2) is 81.6 Å². The fourth-order valence-corrected chi connectivity index (χ4v) is 3.02. The summed E-state index contributed by atoms with van der Waals surface area (Å²) in [7, 11) is -4.83. The summed E-state index contributed by atoms with van der Waals surface area (Å²) < 4.78 is 21.6. The molecule has 1 aliphatic rings. The number of nitrogens with zero attached hydrogens (tertiary/aromatic N) is 3. The van der Waals surface area contributed by atoms with Crippen molar-refractivity contribution in [2.75, 3.05) is 11.9 Å². The Kier molecular flexibility index (Phi) is 5.84. The van der Waals surface area contributed by atoms with Gasteiger partial charge in [0.15, 0.2) is 29.4 Å². The summed E-state index contributed by atoms with van der Waals surface area (Å²) in [4.78, 5) is 51.0. The van der Waals surface area contributed by atoms with Gasteiger partial charge in [-0.2, -0.15) is 4.98 Å². The van der Waals surface area contributed by atoms with Gasteiger partial charge in [0.2, 0.25) is 5.95 Å². The maximum Gasteiger partial charge on any atom is 0.469 e. The van der Waals surface area contributed by atoms with Gasteiger partial charge < -0.3 is 35.2 Å². The number of rotatable bonds is 7. The molecule has 0 amide bonds. The number of H-pyrrole nitrogens is 1. The predicted octanol–water partition coefficient (Wildman–Crippen LogP) is -2.83. The fraction of sp³-hybridized carbons (Fsp3) is 0.538. The molecule has 1 saturated heterocycles. The van der Waals surface area contributed by atoms with E-state index in [0.717, 1.165) is 17.8 Å². The average molecular weight is 435 g/mol. The predicted molar refractivity (Wildman–Crippen MR) is 92.4 cm³/mol. The van der Waals surface area contributed by atoms with E-state index in [1.54, 1.807) is 0 Å². The minimum atomic E-state index is -4.83. The zero-order valence-electron chi connectivity index (χ0n) is 14.7. The third-order valence-electron chi connectivity index (χ3n) is 4.11. The van der Waals surface area contributed by atoms with Crippen LogP contribution in [-0.2, 0) is 18.6 Å².